The number of aliphatic hydroxyl groups is 1. The quantitative estimate of drug-likeness (QED) is 0.731. The maximum atomic E-state index is 9.71. The van der Waals surface area contributed by atoms with Gasteiger partial charge in [-0.25, -0.2) is 0 Å². The van der Waals surface area contributed by atoms with E-state index in [4.69, 9.17) is 0 Å². The smallest absolute Gasteiger partial charge is 0.122 e. The second-order valence-electron chi connectivity index (χ2n) is 3.93. The molecule has 0 aliphatic rings. The van der Waals surface area contributed by atoms with E-state index < -0.39 is 5.60 Å². The van der Waals surface area contributed by atoms with E-state index in [1.807, 2.05) is 19.1 Å². The van der Waals surface area contributed by atoms with Gasteiger partial charge in [0.05, 0.1) is 0 Å². The first kappa shape index (κ1) is 11.8. The van der Waals surface area contributed by atoms with Gasteiger partial charge in [0.25, 0.3) is 0 Å². The topological polar surface area (TPSA) is 20.2 Å². The molecule has 0 saturated heterocycles. The summed E-state index contributed by atoms with van der Waals surface area (Å²) in [7, 11) is 0. The van der Waals surface area contributed by atoms with E-state index in [2.05, 4.69) is 30.9 Å². The van der Waals surface area contributed by atoms with E-state index in [0.717, 1.165) is 12.0 Å². The molecule has 0 aliphatic heterocycles. The molecule has 1 N–H and O–H groups in total. The minimum atomic E-state index is -0.872. The highest BCUT2D eigenvalue weighted by atomic mass is 16.3. The van der Waals surface area contributed by atoms with Crippen molar-refractivity contribution >= 4 is 0 Å². The number of rotatable bonds is 2. The molecule has 1 aromatic rings. The average Bonchev–Trinajstić information content (AvgIpc) is 2.27. The molecule has 0 radical (unpaired) electrons. The molecular weight excluding hydrogens is 184 g/mol. The summed E-state index contributed by atoms with van der Waals surface area (Å²) < 4.78 is 0. The van der Waals surface area contributed by atoms with Crippen LogP contribution in [0.3, 0.4) is 0 Å². The Morgan fingerprint density at radius 2 is 1.80 bits per heavy atom. The zero-order valence-electron chi connectivity index (χ0n) is 9.67. The van der Waals surface area contributed by atoms with Crippen LogP contribution in [0.25, 0.3) is 0 Å². The lowest BCUT2D eigenvalue weighted by molar-refractivity contribution is 0.118. The lowest BCUT2D eigenvalue weighted by atomic mass is 10.0. The van der Waals surface area contributed by atoms with Crippen molar-refractivity contribution < 1.29 is 5.11 Å². The molecule has 0 bridgehead atoms. The molecule has 0 aromatic heterocycles. The molecule has 1 aromatic carbocycles. The summed E-state index contributed by atoms with van der Waals surface area (Å²) in [4.78, 5) is 0. The first-order valence-corrected chi connectivity index (χ1v) is 5.42. The van der Waals surface area contributed by atoms with Crippen LogP contribution in [0.15, 0.2) is 24.3 Å². The standard InChI is InChI=1S/C14H18O/c1-4-12-6-8-13(9-7-12)10-11-14(3,15)5-2/h6-9,15H,4-5H2,1-3H3. The van der Waals surface area contributed by atoms with Crippen LogP contribution in [0, 0.1) is 11.8 Å². The summed E-state index contributed by atoms with van der Waals surface area (Å²) in [5.41, 5.74) is 1.40. The molecule has 1 unspecified atom stereocenters. The largest absolute Gasteiger partial charge is 0.378 e. The Labute approximate surface area is 92.1 Å². The highest BCUT2D eigenvalue weighted by Gasteiger charge is 2.11. The summed E-state index contributed by atoms with van der Waals surface area (Å²) >= 11 is 0. The van der Waals surface area contributed by atoms with E-state index in [1.165, 1.54) is 5.56 Å². The van der Waals surface area contributed by atoms with E-state index in [-0.39, 0.29) is 0 Å². The van der Waals surface area contributed by atoms with Gasteiger partial charge in [0.2, 0.25) is 0 Å². The summed E-state index contributed by atoms with van der Waals surface area (Å²) in [6, 6.07) is 8.14. The number of benzene rings is 1. The molecule has 1 heteroatoms. The van der Waals surface area contributed by atoms with Crippen molar-refractivity contribution in [3.8, 4) is 11.8 Å². The summed E-state index contributed by atoms with van der Waals surface area (Å²) in [5.74, 6) is 5.86. The third kappa shape index (κ3) is 3.77. The minimum absolute atomic E-state index is 0.646. The minimum Gasteiger partial charge on any atom is -0.378 e. The van der Waals surface area contributed by atoms with Gasteiger partial charge in [-0.3, -0.25) is 0 Å². The fourth-order valence-electron chi connectivity index (χ4n) is 1.12. The first-order valence-electron chi connectivity index (χ1n) is 5.42. The van der Waals surface area contributed by atoms with Gasteiger partial charge in [0.1, 0.15) is 5.60 Å². The molecule has 1 atom stereocenters. The van der Waals surface area contributed by atoms with Gasteiger partial charge >= 0.3 is 0 Å². The average molecular weight is 202 g/mol. The van der Waals surface area contributed by atoms with Crippen molar-refractivity contribution in [2.24, 2.45) is 0 Å². The molecule has 0 aliphatic carbocycles. The highest BCUT2D eigenvalue weighted by molar-refractivity contribution is 5.37. The van der Waals surface area contributed by atoms with Gasteiger partial charge in [-0.1, -0.05) is 37.8 Å². The lowest BCUT2D eigenvalue weighted by Crippen LogP contribution is -2.19. The van der Waals surface area contributed by atoms with Crippen LogP contribution in [0.4, 0.5) is 0 Å². The van der Waals surface area contributed by atoms with E-state index in [1.54, 1.807) is 6.92 Å². The van der Waals surface area contributed by atoms with E-state index in [9.17, 15) is 5.11 Å². The third-order valence-electron chi connectivity index (χ3n) is 2.53. The molecule has 0 amide bonds. The van der Waals surface area contributed by atoms with Crippen molar-refractivity contribution in [2.75, 3.05) is 0 Å². The molecule has 1 rings (SSSR count). The zero-order chi connectivity index (χ0) is 11.3. The van der Waals surface area contributed by atoms with Gasteiger partial charge in [-0.05, 0) is 37.5 Å². The Bertz CT molecular complexity index is 363. The Morgan fingerprint density at radius 1 is 1.20 bits per heavy atom. The highest BCUT2D eigenvalue weighted by Crippen LogP contribution is 2.08. The van der Waals surface area contributed by atoms with E-state index in [0.29, 0.717) is 6.42 Å². The van der Waals surface area contributed by atoms with Crippen LogP contribution in [0.1, 0.15) is 38.3 Å². The van der Waals surface area contributed by atoms with Gasteiger partial charge < -0.3 is 5.11 Å². The van der Waals surface area contributed by atoms with Crippen molar-refractivity contribution in [1.82, 2.24) is 0 Å². The molecule has 0 saturated carbocycles. The van der Waals surface area contributed by atoms with Crippen molar-refractivity contribution in [2.45, 2.75) is 39.2 Å². The predicted octanol–water partition coefficient (Wildman–Crippen LogP) is 2.76. The monoisotopic (exact) mass is 202 g/mol. The molecule has 0 fully saturated rings. The second-order valence-corrected chi connectivity index (χ2v) is 3.93. The van der Waals surface area contributed by atoms with Crippen LogP contribution >= 0.6 is 0 Å². The van der Waals surface area contributed by atoms with Crippen LogP contribution in [-0.4, -0.2) is 10.7 Å². The zero-order valence-corrected chi connectivity index (χ0v) is 9.67. The lowest BCUT2D eigenvalue weighted by Gasteiger charge is -2.11. The Balaban J connectivity index is 2.81. The molecule has 0 spiro atoms. The Hall–Kier alpha value is -1.26. The molecular formula is C14H18O. The molecule has 1 nitrogen and oxygen atoms in total. The van der Waals surface area contributed by atoms with Gasteiger partial charge in [0.15, 0.2) is 0 Å². The van der Waals surface area contributed by atoms with Crippen molar-refractivity contribution in [3.63, 3.8) is 0 Å². The maximum Gasteiger partial charge on any atom is 0.122 e. The molecule has 80 valence electrons. The van der Waals surface area contributed by atoms with Gasteiger partial charge in [-0.2, -0.15) is 0 Å². The van der Waals surface area contributed by atoms with Crippen LogP contribution in [-0.2, 0) is 6.42 Å². The normalized spacial score (nSPS) is 13.9. The third-order valence-corrected chi connectivity index (χ3v) is 2.53. The Kier molecular flexibility index (Phi) is 3.94. The number of hydrogen-bond donors (Lipinski definition) is 1. The van der Waals surface area contributed by atoms with Crippen LogP contribution in [0.2, 0.25) is 0 Å². The van der Waals surface area contributed by atoms with Gasteiger partial charge in [0, 0.05) is 5.56 Å². The fraction of sp³-hybridized carbons (Fsp3) is 0.429. The fourth-order valence-corrected chi connectivity index (χ4v) is 1.12. The van der Waals surface area contributed by atoms with Crippen LogP contribution in [0.5, 0.6) is 0 Å². The SMILES string of the molecule is CCc1ccc(C#CC(C)(O)CC)cc1. The Morgan fingerprint density at radius 3 is 2.27 bits per heavy atom. The van der Waals surface area contributed by atoms with Crippen molar-refractivity contribution in [3.05, 3.63) is 35.4 Å². The summed E-state index contributed by atoms with van der Waals surface area (Å²) in [6.07, 6.45) is 1.69. The maximum absolute atomic E-state index is 9.71. The summed E-state index contributed by atoms with van der Waals surface area (Å²) in [5, 5.41) is 9.71. The number of hydrogen-bond acceptors (Lipinski definition) is 1. The van der Waals surface area contributed by atoms with E-state index >= 15 is 0 Å². The second kappa shape index (κ2) is 5.00. The number of aryl methyl sites for hydroxylation is 1. The van der Waals surface area contributed by atoms with Crippen LogP contribution < -0.4 is 0 Å². The first-order chi connectivity index (χ1) is 7.07. The molecule has 0 heterocycles. The predicted molar refractivity (Wildman–Crippen MR) is 63.6 cm³/mol. The van der Waals surface area contributed by atoms with Crippen molar-refractivity contribution in [1.29, 1.82) is 0 Å². The molecule has 15 heavy (non-hydrogen) atoms. The van der Waals surface area contributed by atoms with Gasteiger partial charge in [-0.15, -0.1) is 0 Å². The summed E-state index contributed by atoms with van der Waals surface area (Å²) in [6.45, 7) is 5.79.